The van der Waals surface area contributed by atoms with Crippen molar-refractivity contribution in [2.75, 3.05) is 5.32 Å². The molecule has 0 aliphatic heterocycles. The van der Waals surface area contributed by atoms with Gasteiger partial charge in [0.1, 0.15) is 26.9 Å². The minimum atomic E-state index is -2.87. The number of carbonyl (C=O) groups is 2. The number of ether oxygens (including phenoxy) is 1. The number of halogens is 3. The maximum Gasteiger partial charge on any atom is 0.280 e. The molecule has 0 fully saturated rings. The summed E-state index contributed by atoms with van der Waals surface area (Å²) < 4.78 is 39.5. The molecular weight excluding hydrogens is 528 g/mol. The van der Waals surface area contributed by atoms with E-state index in [-0.39, 0.29) is 44.5 Å². The molecule has 0 aliphatic carbocycles. The van der Waals surface area contributed by atoms with Crippen LogP contribution in [0.2, 0.25) is 5.02 Å². The third-order valence-corrected chi connectivity index (χ3v) is 6.55. The number of hydrogen-bond acceptors (Lipinski definition) is 7. The third kappa shape index (κ3) is 5.01. The third-order valence-electron chi connectivity index (χ3n) is 5.20. The minimum absolute atomic E-state index is 0.0196. The number of rotatable bonds is 8. The molecule has 4 heterocycles. The number of anilines is 1. The number of primary amides is 1. The van der Waals surface area contributed by atoms with Gasteiger partial charge in [-0.15, -0.1) is 11.3 Å². The molecule has 5 rings (SSSR count). The average Bonchev–Trinajstić information content (AvgIpc) is 3.63. The summed E-state index contributed by atoms with van der Waals surface area (Å²) in [6, 6.07) is 12.5. The molecule has 0 aliphatic rings. The number of amides is 2. The van der Waals surface area contributed by atoms with E-state index in [2.05, 4.69) is 15.4 Å². The van der Waals surface area contributed by atoms with E-state index in [1.807, 2.05) is 0 Å². The van der Waals surface area contributed by atoms with Crippen LogP contribution in [-0.4, -0.2) is 26.6 Å². The second-order valence-electron chi connectivity index (χ2n) is 7.65. The molecular formula is C24H16ClF2N5O4S. The van der Waals surface area contributed by atoms with Gasteiger partial charge in [-0.05, 0) is 48.5 Å². The minimum Gasteiger partial charge on any atom is -0.471 e. The van der Waals surface area contributed by atoms with E-state index >= 15 is 0 Å². The second kappa shape index (κ2) is 9.99. The van der Waals surface area contributed by atoms with Gasteiger partial charge in [-0.25, -0.2) is 18.4 Å². The highest BCUT2D eigenvalue weighted by atomic mass is 35.5. The number of furan rings is 1. The monoisotopic (exact) mass is 543 g/mol. The first kappa shape index (κ1) is 24.4. The molecule has 4 aromatic heterocycles. The molecule has 9 nitrogen and oxygen atoms in total. The lowest BCUT2D eigenvalue weighted by Crippen LogP contribution is -2.17. The van der Waals surface area contributed by atoms with Crippen LogP contribution in [0, 0.1) is 0 Å². The molecule has 2 amide bonds. The smallest absolute Gasteiger partial charge is 0.280 e. The van der Waals surface area contributed by atoms with E-state index in [1.165, 1.54) is 23.2 Å². The van der Waals surface area contributed by atoms with Crippen LogP contribution < -0.4 is 15.8 Å². The first-order valence-electron chi connectivity index (χ1n) is 10.6. The van der Waals surface area contributed by atoms with Crippen LogP contribution >= 0.6 is 22.9 Å². The van der Waals surface area contributed by atoms with E-state index in [0.29, 0.717) is 10.8 Å². The highest BCUT2D eigenvalue weighted by Crippen LogP contribution is 2.42. The number of nitrogens with zero attached hydrogens (tertiary/aromatic N) is 3. The lowest BCUT2D eigenvalue weighted by atomic mass is 10.1. The van der Waals surface area contributed by atoms with Crippen molar-refractivity contribution in [2.24, 2.45) is 5.73 Å². The fourth-order valence-electron chi connectivity index (χ4n) is 3.55. The highest BCUT2D eigenvalue weighted by molar-refractivity contribution is 7.21. The topological polar surface area (TPSA) is 125 Å². The normalized spacial score (nSPS) is 11.2. The van der Waals surface area contributed by atoms with Gasteiger partial charge in [0.15, 0.2) is 12.4 Å². The predicted molar refractivity (Wildman–Crippen MR) is 133 cm³/mol. The zero-order valence-corrected chi connectivity index (χ0v) is 20.2. The zero-order valence-electron chi connectivity index (χ0n) is 18.7. The summed E-state index contributed by atoms with van der Waals surface area (Å²) in [5.41, 5.74) is 5.32. The Hall–Kier alpha value is -4.29. The van der Waals surface area contributed by atoms with Crippen LogP contribution in [0.1, 0.15) is 32.3 Å². The Morgan fingerprint density at radius 3 is 2.68 bits per heavy atom. The number of carbonyl (C=O) groups excluding carboxylic acids is 2. The number of nitrogens with one attached hydrogen (secondary N) is 1. The number of nitrogens with two attached hydrogens (primary N) is 1. The summed E-state index contributed by atoms with van der Waals surface area (Å²) in [5.74, 6) is -0.704. The van der Waals surface area contributed by atoms with Crippen molar-refractivity contribution < 1.29 is 27.5 Å². The van der Waals surface area contributed by atoms with Crippen molar-refractivity contribution in [2.45, 2.75) is 13.2 Å². The van der Waals surface area contributed by atoms with Gasteiger partial charge in [-0.2, -0.15) is 5.10 Å². The number of benzene rings is 1. The molecule has 0 atom stereocenters. The van der Waals surface area contributed by atoms with Gasteiger partial charge >= 0.3 is 0 Å². The highest BCUT2D eigenvalue weighted by Gasteiger charge is 2.26. The summed E-state index contributed by atoms with van der Waals surface area (Å²) in [6.45, 7) is 0.0196. The zero-order chi connectivity index (χ0) is 26.1. The Labute approximate surface area is 216 Å². The summed E-state index contributed by atoms with van der Waals surface area (Å²) in [6.07, 6.45) is 0.0486. The molecule has 0 spiro atoms. The van der Waals surface area contributed by atoms with E-state index in [4.69, 9.17) is 26.5 Å². The van der Waals surface area contributed by atoms with E-state index < -0.39 is 23.9 Å². The maximum absolute atomic E-state index is 13.5. The van der Waals surface area contributed by atoms with Gasteiger partial charge in [0.05, 0.1) is 12.0 Å². The SMILES string of the molecule is NC(=O)c1sc2nc(C(F)F)cc(-c3ccco3)c2c1NC(=O)c1ccn(COc2ccc(Cl)cc2)n1. The molecule has 0 radical (unpaired) electrons. The maximum atomic E-state index is 13.5. The first-order valence-corrected chi connectivity index (χ1v) is 11.8. The van der Waals surface area contributed by atoms with E-state index in [1.54, 1.807) is 36.4 Å². The molecule has 37 heavy (non-hydrogen) atoms. The number of aromatic nitrogens is 3. The first-order chi connectivity index (χ1) is 17.8. The molecule has 3 N–H and O–H groups in total. The summed E-state index contributed by atoms with van der Waals surface area (Å²) in [5, 5.41) is 7.66. The quantitative estimate of drug-likeness (QED) is 0.257. The predicted octanol–water partition coefficient (Wildman–Crippen LogP) is 5.73. The Kier molecular flexibility index (Phi) is 6.59. The molecule has 13 heteroatoms. The van der Waals surface area contributed by atoms with Crippen molar-refractivity contribution >= 4 is 50.7 Å². The summed E-state index contributed by atoms with van der Waals surface area (Å²) >= 11 is 6.66. The lowest BCUT2D eigenvalue weighted by Gasteiger charge is -2.09. The molecule has 0 saturated heterocycles. The Morgan fingerprint density at radius 2 is 2.00 bits per heavy atom. The molecule has 5 aromatic rings. The Balaban J connectivity index is 1.47. The van der Waals surface area contributed by atoms with Gasteiger partial charge in [-0.1, -0.05) is 11.6 Å². The second-order valence-corrected chi connectivity index (χ2v) is 9.08. The molecule has 0 saturated carbocycles. The van der Waals surface area contributed by atoms with Gasteiger partial charge in [0, 0.05) is 22.2 Å². The number of thiophene rings is 1. The summed E-state index contributed by atoms with van der Waals surface area (Å²) in [7, 11) is 0. The largest absolute Gasteiger partial charge is 0.471 e. The number of pyridine rings is 1. The lowest BCUT2D eigenvalue weighted by molar-refractivity contribution is 0.100. The van der Waals surface area contributed by atoms with Crippen molar-refractivity contribution in [3.05, 3.63) is 82.3 Å². The van der Waals surface area contributed by atoms with Crippen LogP contribution in [-0.2, 0) is 6.73 Å². The number of hydrogen-bond donors (Lipinski definition) is 2. The van der Waals surface area contributed by atoms with Crippen LogP contribution in [0.25, 0.3) is 21.5 Å². The standard InChI is InChI=1S/C24H16ClF2N5O4S/c25-12-3-5-13(6-4-12)36-11-32-8-7-15(31-32)23(34)30-19-18-14(17-2-1-9-35-17)10-16(21(26)27)29-24(18)37-20(19)22(28)33/h1-10,21H,11H2,(H2,28,33)(H,30,34). The van der Waals surface area contributed by atoms with Crippen LogP contribution in [0.5, 0.6) is 5.75 Å². The molecule has 188 valence electrons. The van der Waals surface area contributed by atoms with Crippen molar-refractivity contribution in [1.29, 1.82) is 0 Å². The van der Waals surface area contributed by atoms with Gasteiger partial charge in [-0.3, -0.25) is 9.59 Å². The number of alkyl halides is 2. The fourth-order valence-corrected chi connectivity index (χ4v) is 4.69. The average molecular weight is 544 g/mol. The van der Waals surface area contributed by atoms with Crippen molar-refractivity contribution in [1.82, 2.24) is 14.8 Å². The van der Waals surface area contributed by atoms with Crippen LogP contribution in [0.4, 0.5) is 14.5 Å². The van der Waals surface area contributed by atoms with Gasteiger partial charge < -0.3 is 20.2 Å². The fraction of sp³-hybridized carbons (Fsp3) is 0.0833. The Morgan fingerprint density at radius 1 is 1.22 bits per heavy atom. The number of fused-ring (bicyclic) bond motifs is 1. The molecule has 0 unspecified atom stereocenters. The summed E-state index contributed by atoms with van der Waals surface area (Å²) in [4.78, 5) is 29.3. The van der Waals surface area contributed by atoms with Crippen molar-refractivity contribution in [3.63, 3.8) is 0 Å². The molecule has 1 aromatic carbocycles. The van der Waals surface area contributed by atoms with E-state index in [9.17, 15) is 18.4 Å². The van der Waals surface area contributed by atoms with Crippen LogP contribution in [0.15, 0.2) is 65.4 Å². The van der Waals surface area contributed by atoms with Gasteiger partial charge in [0.25, 0.3) is 18.2 Å². The van der Waals surface area contributed by atoms with Gasteiger partial charge in [0.2, 0.25) is 0 Å². The molecule has 0 bridgehead atoms. The Bertz CT molecular complexity index is 1600. The van der Waals surface area contributed by atoms with E-state index in [0.717, 1.165) is 17.4 Å². The van der Waals surface area contributed by atoms with Crippen LogP contribution in [0.3, 0.4) is 0 Å². The van der Waals surface area contributed by atoms with Crippen molar-refractivity contribution in [3.8, 4) is 17.1 Å².